The Balaban J connectivity index is 2.34. The molecule has 0 aromatic carbocycles. The van der Waals surface area contributed by atoms with Crippen LogP contribution in [0.15, 0.2) is 27.7 Å². The number of methoxy groups -OCH3 is 2. The summed E-state index contributed by atoms with van der Waals surface area (Å²) >= 11 is 1.76. The van der Waals surface area contributed by atoms with E-state index in [9.17, 15) is 0 Å². The molecular weight excluding hydrogens is 354 g/mol. The predicted octanol–water partition coefficient (Wildman–Crippen LogP) is 2.07. The second-order valence-electron chi connectivity index (χ2n) is 5.55. The second-order valence-corrected chi connectivity index (χ2v) is 6.54. The van der Waals surface area contributed by atoms with Crippen LogP contribution in [0.1, 0.15) is 12.8 Å². The first-order valence-corrected chi connectivity index (χ1v) is 9.92. The van der Waals surface area contributed by atoms with Crippen molar-refractivity contribution in [2.75, 3.05) is 72.8 Å². The number of nitrogens with one attached hydrogen (secondary N) is 1. The first-order chi connectivity index (χ1) is 12.8. The van der Waals surface area contributed by atoms with E-state index in [2.05, 4.69) is 34.3 Å². The molecule has 7 nitrogen and oxygen atoms in total. The van der Waals surface area contributed by atoms with Gasteiger partial charge in [-0.15, -0.1) is 11.8 Å². The van der Waals surface area contributed by atoms with Gasteiger partial charge in [0.15, 0.2) is 0 Å². The normalized spacial score (nSPS) is 14.4. The number of rotatable bonds is 17. The highest BCUT2D eigenvalue weighted by molar-refractivity contribution is 8.03. The zero-order valence-corrected chi connectivity index (χ0v) is 16.9. The van der Waals surface area contributed by atoms with Gasteiger partial charge in [0.05, 0.1) is 51.2 Å². The van der Waals surface area contributed by atoms with Gasteiger partial charge in [-0.3, -0.25) is 10.4 Å². The summed E-state index contributed by atoms with van der Waals surface area (Å²) in [6.07, 6.45) is 6.47. The molecule has 0 saturated carbocycles. The van der Waals surface area contributed by atoms with Gasteiger partial charge in [0, 0.05) is 32.2 Å². The summed E-state index contributed by atoms with van der Waals surface area (Å²) in [6, 6.07) is 0. The van der Waals surface area contributed by atoms with Crippen LogP contribution >= 0.6 is 11.8 Å². The summed E-state index contributed by atoms with van der Waals surface area (Å²) < 4.78 is 21.0. The molecule has 0 spiro atoms. The fourth-order valence-electron chi connectivity index (χ4n) is 2.19. The number of hydrogen-bond acceptors (Lipinski definition) is 8. The smallest absolute Gasteiger partial charge is 0.0715 e. The van der Waals surface area contributed by atoms with E-state index in [4.69, 9.17) is 18.9 Å². The largest absolute Gasteiger partial charge is 0.382 e. The Morgan fingerprint density at radius 1 is 1.04 bits per heavy atom. The SMILES string of the molecule is C=NC1=CCCC=C1SCN(CCOCCOC)NCCOCCOC. The molecule has 26 heavy (non-hydrogen) atoms. The molecule has 0 radical (unpaired) electrons. The van der Waals surface area contributed by atoms with Crippen molar-refractivity contribution in [1.29, 1.82) is 0 Å². The molecule has 150 valence electrons. The predicted molar refractivity (Wildman–Crippen MR) is 108 cm³/mol. The lowest BCUT2D eigenvalue weighted by Crippen LogP contribution is -2.42. The first kappa shape index (κ1) is 23.3. The van der Waals surface area contributed by atoms with Gasteiger partial charge in [-0.25, -0.2) is 5.01 Å². The van der Waals surface area contributed by atoms with Crippen molar-refractivity contribution in [1.82, 2.24) is 10.4 Å². The summed E-state index contributed by atoms with van der Waals surface area (Å²) in [4.78, 5) is 5.31. The maximum absolute atomic E-state index is 5.58. The lowest BCUT2D eigenvalue weighted by Gasteiger charge is -2.24. The summed E-state index contributed by atoms with van der Waals surface area (Å²) in [6.45, 7) is 8.91. The van der Waals surface area contributed by atoms with E-state index in [1.54, 1.807) is 26.0 Å². The van der Waals surface area contributed by atoms with E-state index in [0.717, 1.165) is 37.5 Å². The third kappa shape index (κ3) is 11.1. The topological polar surface area (TPSA) is 64.6 Å². The van der Waals surface area contributed by atoms with Crippen molar-refractivity contribution in [2.45, 2.75) is 12.8 Å². The molecule has 1 aliphatic rings. The fourth-order valence-corrected chi connectivity index (χ4v) is 3.24. The van der Waals surface area contributed by atoms with Crippen LogP contribution < -0.4 is 5.43 Å². The highest BCUT2D eigenvalue weighted by atomic mass is 32.2. The number of thioether (sulfide) groups is 1. The van der Waals surface area contributed by atoms with Crippen molar-refractivity contribution >= 4 is 18.5 Å². The maximum Gasteiger partial charge on any atom is 0.0715 e. The van der Waals surface area contributed by atoms with Crippen molar-refractivity contribution < 1.29 is 18.9 Å². The Morgan fingerprint density at radius 3 is 2.42 bits per heavy atom. The van der Waals surface area contributed by atoms with Gasteiger partial charge in [-0.05, 0) is 19.6 Å². The average Bonchev–Trinajstić information content (AvgIpc) is 2.68. The minimum atomic E-state index is 0.607. The van der Waals surface area contributed by atoms with E-state index in [1.165, 1.54) is 4.91 Å². The highest BCUT2D eigenvalue weighted by Gasteiger charge is 2.11. The Labute approximate surface area is 161 Å². The van der Waals surface area contributed by atoms with Crippen LogP contribution in [0.25, 0.3) is 0 Å². The van der Waals surface area contributed by atoms with Crippen LogP contribution in [0.3, 0.4) is 0 Å². The monoisotopic (exact) mass is 387 g/mol. The Kier molecular flexibility index (Phi) is 14.7. The lowest BCUT2D eigenvalue weighted by atomic mass is 10.1. The molecule has 0 atom stereocenters. The molecule has 1 rings (SSSR count). The molecule has 0 fully saturated rings. The second kappa shape index (κ2) is 16.4. The van der Waals surface area contributed by atoms with Gasteiger partial charge < -0.3 is 18.9 Å². The van der Waals surface area contributed by atoms with E-state index in [-0.39, 0.29) is 0 Å². The Bertz CT molecular complexity index is 433. The van der Waals surface area contributed by atoms with Crippen LogP contribution in [0.5, 0.6) is 0 Å². The number of ether oxygens (including phenoxy) is 4. The molecule has 0 heterocycles. The molecule has 1 aliphatic carbocycles. The molecular formula is C18H33N3O4S. The van der Waals surface area contributed by atoms with Crippen LogP contribution in [0.4, 0.5) is 0 Å². The minimum Gasteiger partial charge on any atom is -0.382 e. The zero-order valence-electron chi connectivity index (χ0n) is 16.1. The molecule has 0 bridgehead atoms. The number of allylic oxidation sites excluding steroid dienone is 2. The highest BCUT2D eigenvalue weighted by Crippen LogP contribution is 2.29. The van der Waals surface area contributed by atoms with Crippen molar-refractivity contribution in [2.24, 2.45) is 4.99 Å². The molecule has 1 N–H and O–H groups in total. The zero-order chi connectivity index (χ0) is 18.9. The van der Waals surface area contributed by atoms with Gasteiger partial charge in [-0.2, -0.15) is 0 Å². The van der Waals surface area contributed by atoms with Crippen LogP contribution in [-0.2, 0) is 18.9 Å². The standard InChI is InChI=1S/C18H33N3O4S/c1-19-17-6-4-5-7-18(17)26-16-21(9-11-25-15-13-23-3)20-8-10-24-14-12-22-2/h6-7,20H,1,4-5,8-16H2,2-3H3. The molecule has 0 aromatic rings. The summed E-state index contributed by atoms with van der Waals surface area (Å²) in [5.74, 6) is 0.796. The van der Waals surface area contributed by atoms with Crippen LogP contribution in [0.2, 0.25) is 0 Å². The third-order valence-electron chi connectivity index (χ3n) is 3.58. The molecule has 0 aliphatic heterocycles. The molecule has 0 unspecified atom stereocenters. The molecule has 0 saturated heterocycles. The number of aliphatic imine (C=N–C) groups is 1. The summed E-state index contributed by atoms with van der Waals surface area (Å²) in [5, 5.41) is 2.15. The van der Waals surface area contributed by atoms with Crippen molar-refractivity contribution in [3.05, 3.63) is 22.8 Å². The summed E-state index contributed by atoms with van der Waals surface area (Å²) in [7, 11) is 3.35. The summed E-state index contributed by atoms with van der Waals surface area (Å²) in [5.41, 5.74) is 4.39. The van der Waals surface area contributed by atoms with Crippen LogP contribution in [-0.4, -0.2) is 84.6 Å². The lowest BCUT2D eigenvalue weighted by molar-refractivity contribution is 0.0427. The van der Waals surface area contributed by atoms with Crippen molar-refractivity contribution in [3.8, 4) is 0 Å². The number of hydrogen-bond donors (Lipinski definition) is 1. The quantitative estimate of drug-likeness (QED) is 0.177. The van der Waals surface area contributed by atoms with E-state index >= 15 is 0 Å². The van der Waals surface area contributed by atoms with Gasteiger partial charge in [-0.1, -0.05) is 12.2 Å². The van der Waals surface area contributed by atoms with Gasteiger partial charge >= 0.3 is 0 Å². The molecule has 0 amide bonds. The molecule has 0 aromatic heterocycles. The van der Waals surface area contributed by atoms with E-state index in [1.807, 2.05) is 0 Å². The van der Waals surface area contributed by atoms with Gasteiger partial charge in [0.25, 0.3) is 0 Å². The molecule has 8 heteroatoms. The maximum atomic E-state index is 5.58. The first-order valence-electron chi connectivity index (χ1n) is 8.93. The van der Waals surface area contributed by atoms with Gasteiger partial charge in [0.2, 0.25) is 0 Å². The third-order valence-corrected chi connectivity index (χ3v) is 4.71. The van der Waals surface area contributed by atoms with Gasteiger partial charge in [0.1, 0.15) is 0 Å². The van der Waals surface area contributed by atoms with E-state index in [0.29, 0.717) is 39.6 Å². The Morgan fingerprint density at radius 2 is 1.73 bits per heavy atom. The van der Waals surface area contributed by atoms with Crippen LogP contribution in [0, 0.1) is 0 Å². The fraction of sp³-hybridized carbons (Fsp3) is 0.722. The van der Waals surface area contributed by atoms with E-state index < -0.39 is 0 Å². The Hall–Kier alpha value is -0.740. The average molecular weight is 388 g/mol. The number of hydrazine groups is 1. The number of nitrogens with zero attached hydrogens (tertiary/aromatic N) is 2. The minimum absolute atomic E-state index is 0.607. The van der Waals surface area contributed by atoms with Crippen molar-refractivity contribution in [3.63, 3.8) is 0 Å².